The van der Waals surface area contributed by atoms with E-state index < -0.39 is 9.84 Å². The number of anilines is 1. The highest BCUT2D eigenvalue weighted by atomic mass is 32.2. The predicted molar refractivity (Wildman–Crippen MR) is 128 cm³/mol. The number of hydrogen-bond donors (Lipinski definition) is 1. The molecule has 4 rings (SSSR count). The fourth-order valence-electron chi connectivity index (χ4n) is 2.88. The zero-order valence-electron chi connectivity index (χ0n) is 17.2. The quantitative estimate of drug-likeness (QED) is 0.381. The zero-order chi connectivity index (χ0) is 22.7. The lowest BCUT2D eigenvalue weighted by atomic mass is 10.2. The molecule has 0 aliphatic rings. The van der Waals surface area contributed by atoms with Crippen LogP contribution >= 0.6 is 22.7 Å². The molecule has 164 valence electrons. The highest BCUT2D eigenvalue weighted by Gasteiger charge is 2.12. The minimum atomic E-state index is -3.31. The zero-order valence-corrected chi connectivity index (χ0v) is 19.7. The molecular formula is C22H19N3O4S3. The third-order valence-corrected chi connectivity index (χ3v) is 7.26. The smallest absolute Gasteiger partial charge is 0.250 e. The van der Waals surface area contributed by atoms with Crippen LogP contribution in [0.25, 0.3) is 16.3 Å². The minimum Gasteiger partial charge on any atom is -0.487 e. The molecule has 0 aliphatic heterocycles. The van der Waals surface area contributed by atoms with Gasteiger partial charge in [0.05, 0.1) is 25.8 Å². The number of fused-ring (bicyclic) bond motifs is 1. The number of nitrogens with zero attached hydrogens (tertiary/aromatic N) is 2. The summed E-state index contributed by atoms with van der Waals surface area (Å²) in [6, 6.07) is 12.1. The van der Waals surface area contributed by atoms with E-state index in [0.29, 0.717) is 27.7 Å². The number of sulfone groups is 1. The molecule has 0 atom stereocenters. The van der Waals surface area contributed by atoms with Gasteiger partial charge in [-0.1, -0.05) is 29.5 Å². The van der Waals surface area contributed by atoms with Gasteiger partial charge in [-0.25, -0.2) is 18.4 Å². The van der Waals surface area contributed by atoms with Gasteiger partial charge in [-0.05, 0) is 37.3 Å². The molecule has 2 aromatic carbocycles. The van der Waals surface area contributed by atoms with E-state index in [2.05, 4.69) is 15.3 Å². The number of carbonyl (C=O) groups excluding carboxylic acids is 1. The molecular weight excluding hydrogens is 466 g/mol. The Kier molecular flexibility index (Phi) is 6.35. The van der Waals surface area contributed by atoms with Crippen LogP contribution in [-0.2, 0) is 21.2 Å². The van der Waals surface area contributed by atoms with Gasteiger partial charge in [-0.2, -0.15) is 0 Å². The van der Waals surface area contributed by atoms with Crippen LogP contribution in [0.2, 0.25) is 0 Å². The number of para-hydroxylation sites is 1. The fraction of sp³-hybridized carbons (Fsp3) is 0.136. The van der Waals surface area contributed by atoms with Crippen molar-refractivity contribution in [1.82, 2.24) is 9.97 Å². The van der Waals surface area contributed by atoms with Gasteiger partial charge in [0.2, 0.25) is 5.91 Å². The Bertz CT molecular complexity index is 1420. The summed E-state index contributed by atoms with van der Waals surface area (Å²) in [5.41, 5.74) is 2.24. The van der Waals surface area contributed by atoms with E-state index in [9.17, 15) is 13.2 Å². The number of aromatic nitrogens is 2. The van der Waals surface area contributed by atoms with Crippen LogP contribution in [0.4, 0.5) is 5.13 Å². The van der Waals surface area contributed by atoms with Crippen molar-refractivity contribution in [1.29, 1.82) is 0 Å². The van der Waals surface area contributed by atoms with Gasteiger partial charge in [0, 0.05) is 23.3 Å². The Hall–Kier alpha value is -3.08. The van der Waals surface area contributed by atoms with E-state index in [0.717, 1.165) is 22.5 Å². The number of rotatable bonds is 7. The first-order chi connectivity index (χ1) is 15.3. The summed E-state index contributed by atoms with van der Waals surface area (Å²) in [6.07, 6.45) is 4.23. The van der Waals surface area contributed by atoms with Crippen molar-refractivity contribution in [3.63, 3.8) is 0 Å². The highest BCUT2D eigenvalue weighted by Crippen LogP contribution is 2.28. The van der Waals surface area contributed by atoms with Gasteiger partial charge < -0.3 is 4.74 Å². The normalized spacial score (nSPS) is 11.8. The Morgan fingerprint density at radius 3 is 2.75 bits per heavy atom. The van der Waals surface area contributed by atoms with Gasteiger partial charge in [0.15, 0.2) is 15.0 Å². The van der Waals surface area contributed by atoms with Crippen LogP contribution < -0.4 is 10.1 Å². The van der Waals surface area contributed by atoms with Gasteiger partial charge in [0.25, 0.3) is 0 Å². The molecule has 0 spiro atoms. The third-order valence-electron chi connectivity index (χ3n) is 4.39. The largest absolute Gasteiger partial charge is 0.487 e. The lowest BCUT2D eigenvalue weighted by Crippen LogP contribution is -2.07. The molecule has 0 aliphatic carbocycles. The van der Waals surface area contributed by atoms with Crippen LogP contribution in [0.15, 0.2) is 58.8 Å². The lowest BCUT2D eigenvalue weighted by molar-refractivity contribution is -0.111. The van der Waals surface area contributed by atoms with E-state index in [1.807, 2.05) is 36.6 Å². The average molecular weight is 486 g/mol. The SMILES string of the molecule is Cc1nc(COc2ccccc2/C=C/C(=O)Nc2nc3ccc(S(C)(=O)=O)cc3s2)cs1. The molecule has 7 nitrogen and oxygen atoms in total. The predicted octanol–water partition coefficient (Wildman–Crippen LogP) is 4.70. The van der Waals surface area contributed by atoms with Gasteiger partial charge in [0.1, 0.15) is 12.4 Å². The number of nitrogens with one attached hydrogen (secondary N) is 1. The van der Waals surface area contributed by atoms with Crippen molar-refractivity contribution in [2.24, 2.45) is 0 Å². The Morgan fingerprint density at radius 2 is 2.00 bits per heavy atom. The summed E-state index contributed by atoms with van der Waals surface area (Å²) in [6.45, 7) is 2.29. The molecule has 1 amide bonds. The minimum absolute atomic E-state index is 0.218. The molecule has 32 heavy (non-hydrogen) atoms. The van der Waals surface area contributed by atoms with Crippen LogP contribution in [0.3, 0.4) is 0 Å². The second kappa shape index (κ2) is 9.19. The van der Waals surface area contributed by atoms with Crippen molar-refractivity contribution in [3.05, 3.63) is 70.2 Å². The monoisotopic (exact) mass is 485 g/mol. The maximum Gasteiger partial charge on any atom is 0.250 e. The Labute approximate surface area is 193 Å². The molecule has 0 fully saturated rings. The molecule has 0 unspecified atom stereocenters. The van der Waals surface area contributed by atoms with Crippen LogP contribution in [0, 0.1) is 6.92 Å². The second-order valence-electron chi connectivity index (χ2n) is 6.93. The van der Waals surface area contributed by atoms with Crippen molar-refractivity contribution >= 4 is 59.8 Å². The average Bonchev–Trinajstić information content (AvgIpc) is 3.35. The van der Waals surface area contributed by atoms with E-state index in [4.69, 9.17) is 4.74 Å². The first kappa shape index (κ1) is 22.1. The van der Waals surface area contributed by atoms with Crippen LogP contribution in [0.1, 0.15) is 16.3 Å². The number of carbonyl (C=O) groups is 1. The summed E-state index contributed by atoms with van der Waals surface area (Å²) >= 11 is 2.79. The van der Waals surface area contributed by atoms with Crippen molar-refractivity contribution in [2.75, 3.05) is 11.6 Å². The Balaban J connectivity index is 1.44. The highest BCUT2D eigenvalue weighted by molar-refractivity contribution is 7.90. The fourth-order valence-corrected chi connectivity index (χ4v) is 5.10. The van der Waals surface area contributed by atoms with E-state index in [1.165, 1.54) is 23.5 Å². The van der Waals surface area contributed by atoms with Gasteiger partial charge in [-0.15, -0.1) is 11.3 Å². The number of benzene rings is 2. The first-order valence-corrected chi connectivity index (χ1v) is 13.1. The van der Waals surface area contributed by atoms with E-state index >= 15 is 0 Å². The van der Waals surface area contributed by atoms with Crippen LogP contribution in [0.5, 0.6) is 5.75 Å². The molecule has 0 bridgehead atoms. The van der Waals surface area contributed by atoms with Gasteiger partial charge >= 0.3 is 0 Å². The van der Waals surface area contributed by atoms with Crippen molar-refractivity contribution < 1.29 is 17.9 Å². The summed E-state index contributed by atoms with van der Waals surface area (Å²) < 4.78 is 30.0. The number of amides is 1. The first-order valence-electron chi connectivity index (χ1n) is 9.50. The molecule has 10 heteroatoms. The standard InChI is InChI=1S/C22H19N3O4S3/c1-14-23-16(13-30-14)12-29-19-6-4-3-5-15(19)7-10-21(26)25-22-24-18-9-8-17(32(2,27)28)11-20(18)31-22/h3-11,13H,12H2,1-2H3,(H,24,25,26)/b10-7+. The summed E-state index contributed by atoms with van der Waals surface area (Å²) in [5.74, 6) is 0.299. The van der Waals surface area contributed by atoms with Gasteiger partial charge in [-0.3, -0.25) is 10.1 Å². The van der Waals surface area contributed by atoms with Crippen molar-refractivity contribution in [3.8, 4) is 5.75 Å². The molecule has 0 saturated heterocycles. The number of thiazole rings is 2. The second-order valence-corrected chi connectivity index (χ2v) is 11.0. The topological polar surface area (TPSA) is 98.2 Å². The summed E-state index contributed by atoms with van der Waals surface area (Å²) in [4.78, 5) is 21.4. The summed E-state index contributed by atoms with van der Waals surface area (Å²) in [7, 11) is -3.31. The van der Waals surface area contributed by atoms with E-state index in [1.54, 1.807) is 29.5 Å². The van der Waals surface area contributed by atoms with Crippen LogP contribution in [-0.4, -0.2) is 30.5 Å². The Morgan fingerprint density at radius 1 is 1.19 bits per heavy atom. The molecule has 2 aromatic heterocycles. The lowest BCUT2D eigenvalue weighted by Gasteiger charge is -2.07. The van der Waals surface area contributed by atoms with E-state index in [-0.39, 0.29) is 10.8 Å². The third kappa shape index (κ3) is 5.39. The maximum absolute atomic E-state index is 12.4. The van der Waals surface area contributed by atoms with Crippen molar-refractivity contribution in [2.45, 2.75) is 18.4 Å². The number of ether oxygens (including phenoxy) is 1. The maximum atomic E-state index is 12.4. The molecule has 1 N–H and O–H groups in total. The summed E-state index contributed by atoms with van der Waals surface area (Å²) in [5, 5.41) is 6.05. The molecule has 0 saturated carbocycles. The molecule has 2 heterocycles. The molecule has 4 aromatic rings. The molecule has 0 radical (unpaired) electrons. The number of hydrogen-bond acceptors (Lipinski definition) is 8. The number of aryl methyl sites for hydroxylation is 1.